The molecule has 0 unspecified atom stereocenters. The van der Waals surface area contributed by atoms with Crippen molar-refractivity contribution >= 4 is 39.5 Å². The summed E-state index contributed by atoms with van der Waals surface area (Å²) in [4.78, 5) is 18.0. The molecule has 0 aliphatic heterocycles. The van der Waals surface area contributed by atoms with Crippen LogP contribution in [0.25, 0.3) is 16.2 Å². The topological polar surface area (TPSA) is 79.4 Å². The fourth-order valence-corrected chi connectivity index (χ4v) is 4.11. The minimum atomic E-state index is -0.232. The Hall–Kier alpha value is -3.34. The summed E-state index contributed by atoms with van der Waals surface area (Å²) in [5, 5.41) is 14.4. The number of rotatable bonds is 6. The molecule has 0 saturated heterocycles. The summed E-state index contributed by atoms with van der Waals surface area (Å²) < 4.78 is 7.40. The Morgan fingerprint density at radius 3 is 2.83 bits per heavy atom. The monoisotopic (exact) mass is 436 g/mol. The van der Waals surface area contributed by atoms with Crippen LogP contribution in [0.3, 0.4) is 0 Å². The third-order valence-corrected chi connectivity index (χ3v) is 5.59. The average molecular weight is 437 g/mol. The maximum atomic E-state index is 12.6. The van der Waals surface area contributed by atoms with Gasteiger partial charge in [-0.3, -0.25) is 9.20 Å². The minimum Gasteiger partial charge on any atom is -0.494 e. The Morgan fingerprint density at radius 1 is 1.30 bits per heavy atom. The molecule has 1 amide bonds. The fraction of sp³-hybridized carbons (Fsp3) is 0.136. The van der Waals surface area contributed by atoms with Crippen molar-refractivity contribution in [1.29, 1.82) is 5.26 Å². The van der Waals surface area contributed by atoms with Gasteiger partial charge in [0.25, 0.3) is 0 Å². The number of halogens is 1. The van der Waals surface area contributed by atoms with Crippen LogP contribution < -0.4 is 10.1 Å². The normalized spacial score (nSPS) is 10.7. The van der Waals surface area contributed by atoms with E-state index in [1.165, 1.54) is 11.3 Å². The molecule has 4 rings (SSSR count). The molecule has 0 radical (unpaired) electrons. The lowest BCUT2D eigenvalue weighted by Gasteiger charge is -2.07. The number of hydrogen-bond donors (Lipinski definition) is 1. The van der Waals surface area contributed by atoms with E-state index in [9.17, 15) is 10.1 Å². The predicted octanol–water partition coefficient (Wildman–Crippen LogP) is 5.17. The maximum Gasteiger partial charge on any atom is 0.230 e. The molecular formula is C22H17ClN4O2S. The second-order valence-corrected chi connectivity index (χ2v) is 7.76. The second kappa shape index (κ2) is 8.57. The number of benzene rings is 2. The number of carbonyl (C=O) groups excluding carboxylic acids is 1. The highest BCUT2D eigenvalue weighted by Gasteiger charge is 2.14. The first-order chi connectivity index (χ1) is 14.6. The van der Waals surface area contributed by atoms with Crippen molar-refractivity contribution in [3.05, 3.63) is 70.3 Å². The molecular weight excluding hydrogens is 420 g/mol. The summed E-state index contributed by atoms with van der Waals surface area (Å²) in [6.45, 7) is 2.57. The number of fused-ring (bicyclic) bond motifs is 1. The molecule has 0 bridgehead atoms. The first kappa shape index (κ1) is 20.0. The third-order valence-electron chi connectivity index (χ3n) is 4.46. The van der Waals surface area contributed by atoms with Gasteiger partial charge in [-0.15, -0.1) is 11.3 Å². The van der Waals surface area contributed by atoms with Gasteiger partial charge in [0.05, 0.1) is 30.0 Å². The van der Waals surface area contributed by atoms with Crippen molar-refractivity contribution in [3.8, 4) is 23.1 Å². The number of hydrogen-bond acceptors (Lipinski definition) is 5. The highest BCUT2D eigenvalue weighted by Crippen LogP contribution is 2.26. The number of anilines is 1. The van der Waals surface area contributed by atoms with E-state index in [1.54, 1.807) is 18.2 Å². The van der Waals surface area contributed by atoms with E-state index >= 15 is 0 Å². The average Bonchev–Trinajstić information content (AvgIpc) is 3.31. The molecule has 6 nitrogen and oxygen atoms in total. The van der Waals surface area contributed by atoms with E-state index in [0.717, 1.165) is 27.7 Å². The van der Waals surface area contributed by atoms with Crippen LogP contribution in [-0.2, 0) is 11.2 Å². The van der Waals surface area contributed by atoms with Crippen LogP contribution in [0, 0.1) is 11.3 Å². The number of aromatic nitrogens is 2. The number of imidazole rings is 1. The first-order valence-electron chi connectivity index (χ1n) is 9.25. The first-order valence-corrected chi connectivity index (χ1v) is 10.5. The molecule has 1 N–H and O–H groups in total. The van der Waals surface area contributed by atoms with Crippen LogP contribution in [0.2, 0.25) is 5.02 Å². The number of ether oxygens (including phenoxy) is 1. The van der Waals surface area contributed by atoms with E-state index in [0.29, 0.717) is 22.9 Å². The minimum absolute atomic E-state index is 0.149. The van der Waals surface area contributed by atoms with Gasteiger partial charge in [-0.25, -0.2) is 4.98 Å². The molecule has 2 aromatic carbocycles. The molecule has 2 aromatic heterocycles. The van der Waals surface area contributed by atoms with Gasteiger partial charge in [-0.1, -0.05) is 11.6 Å². The van der Waals surface area contributed by atoms with Crippen LogP contribution in [0.5, 0.6) is 5.75 Å². The van der Waals surface area contributed by atoms with Crippen LogP contribution in [0.1, 0.15) is 18.2 Å². The Bertz CT molecular complexity index is 1250. The van der Waals surface area contributed by atoms with Gasteiger partial charge in [0.1, 0.15) is 11.8 Å². The van der Waals surface area contributed by atoms with Crippen molar-refractivity contribution < 1.29 is 9.53 Å². The third kappa shape index (κ3) is 4.15. The van der Waals surface area contributed by atoms with Gasteiger partial charge in [-0.05, 0) is 49.4 Å². The van der Waals surface area contributed by atoms with Gasteiger partial charge in [0.2, 0.25) is 5.91 Å². The standard InChI is InChI=1S/C22H17ClN4O2S/c1-2-29-18-7-4-14(5-8-18)20-12-27-17(13-30-22(27)26-20)10-21(28)25-19-9-16(23)6-3-15(19)11-24/h3-9,12-13H,2,10H2,1H3,(H,25,28). The van der Waals surface area contributed by atoms with Crippen LogP contribution >= 0.6 is 22.9 Å². The SMILES string of the molecule is CCOc1ccc(-c2cn3c(CC(=O)Nc4cc(Cl)ccc4C#N)csc3n2)cc1. The van der Waals surface area contributed by atoms with Crippen molar-refractivity contribution in [2.24, 2.45) is 0 Å². The lowest BCUT2D eigenvalue weighted by atomic mass is 10.1. The fourth-order valence-electron chi connectivity index (χ4n) is 3.06. The van der Waals surface area contributed by atoms with Crippen molar-refractivity contribution in [1.82, 2.24) is 9.38 Å². The van der Waals surface area contributed by atoms with E-state index in [2.05, 4.69) is 16.4 Å². The van der Waals surface area contributed by atoms with Crippen molar-refractivity contribution in [2.45, 2.75) is 13.3 Å². The quantitative estimate of drug-likeness (QED) is 0.452. The van der Waals surface area contributed by atoms with Gasteiger partial charge >= 0.3 is 0 Å². The summed E-state index contributed by atoms with van der Waals surface area (Å²) in [6.07, 6.45) is 2.07. The highest BCUT2D eigenvalue weighted by atomic mass is 35.5. The summed E-state index contributed by atoms with van der Waals surface area (Å²) in [6, 6.07) is 14.6. The molecule has 0 aliphatic carbocycles. The van der Waals surface area contributed by atoms with Crippen LogP contribution in [0.4, 0.5) is 5.69 Å². The molecule has 30 heavy (non-hydrogen) atoms. The molecule has 0 fully saturated rings. The van der Waals surface area contributed by atoms with Crippen LogP contribution in [-0.4, -0.2) is 21.9 Å². The Labute approximate surface area is 182 Å². The highest BCUT2D eigenvalue weighted by molar-refractivity contribution is 7.15. The number of carbonyl (C=O) groups is 1. The number of thiazole rings is 1. The number of amides is 1. The Balaban J connectivity index is 1.53. The zero-order chi connectivity index (χ0) is 21.1. The van der Waals surface area contributed by atoms with Gasteiger partial charge in [0, 0.05) is 27.9 Å². The molecule has 0 atom stereocenters. The molecule has 2 heterocycles. The van der Waals surface area contributed by atoms with Gasteiger partial charge < -0.3 is 10.1 Å². The Kier molecular flexibility index (Phi) is 5.70. The summed E-state index contributed by atoms with van der Waals surface area (Å²) in [7, 11) is 0. The Morgan fingerprint density at radius 2 is 2.10 bits per heavy atom. The second-order valence-electron chi connectivity index (χ2n) is 6.49. The van der Waals surface area contributed by atoms with E-state index in [4.69, 9.17) is 16.3 Å². The molecule has 0 spiro atoms. The van der Waals surface area contributed by atoms with E-state index in [1.807, 2.05) is 47.2 Å². The smallest absolute Gasteiger partial charge is 0.230 e. The van der Waals surface area contributed by atoms with E-state index in [-0.39, 0.29) is 12.3 Å². The summed E-state index contributed by atoms with van der Waals surface area (Å²) in [5.74, 6) is 0.585. The van der Waals surface area contributed by atoms with Crippen molar-refractivity contribution in [3.63, 3.8) is 0 Å². The molecule has 4 aromatic rings. The van der Waals surface area contributed by atoms with Gasteiger partial charge in [0.15, 0.2) is 4.96 Å². The number of nitrogens with one attached hydrogen (secondary N) is 1. The zero-order valence-electron chi connectivity index (χ0n) is 16.1. The molecule has 8 heteroatoms. The predicted molar refractivity (Wildman–Crippen MR) is 118 cm³/mol. The maximum absolute atomic E-state index is 12.6. The van der Waals surface area contributed by atoms with E-state index < -0.39 is 0 Å². The lowest BCUT2D eigenvalue weighted by molar-refractivity contribution is -0.115. The summed E-state index contributed by atoms with van der Waals surface area (Å²) >= 11 is 7.46. The largest absolute Gasteiger partial charge is 0.494 e. The summed E-state index contributed by atoms with van der Waals surface area (Å²) in [5.41, 5.74) is 3.39. The molecule has 0 saturated carbocycles. The molecule has 0 aliphatic rings. The lowest BCUT2D eigenvalue weighted by Crippen LogP contribution is -2.16. The van der Waals surface area contributed by atoms with Crippen molar-refractivity contribution in [2.75, 3.05) is 11.9 Å². The van der Waals surface area contributed by atoms with Gasteiger partial charge in [-0.2, -0.15) is 5.26 Å². The van der Waals surface area contributed by atoms with Crippen LogP contribution in [0.15, 0.2) is 54.0 Å². The zero-order valence-corrected chi connectivity index (χ0v) is 17.6. The molecule has 150 valence electrons. The number of nitrogens with zero attached hydrogens (tertiary/aromatic N) is 3. The number of nitriles is 1.